The van der Waals surface area contributed by atoms with Crippen LogP contribution in [0.1, 0.15) is 10.4 Å². The third-order valence-corrected chi connectivity index (χ3v) is 4.61. The molecule has 1 aromatic carbocycles. The van der Waals surface area contributed by atoms with Crippen LogP contribution in [0.2, 0.25) is 0 Å². The highest BCUT2D eigenvalue weighted by Crippen LogP contribution is 2.31. The van der Waals surface area contributed by atoms with E-state index in [2.05, 4.69) is 15.9 Å². The second-order valence-electron chi connectivity index (χ2n) is 4.00. The van der Waals surface area contributed by atoms with Crippen molar-refractivity contribution in [1.29, 1.82) is 0 Å². The van der Waals surface area contributed by atoms with Crippen LogP contribution in [0.5, 0.6) is 11.5 Å². The van der Waals surface area contributed by atoms with Crippen molar-refractivity contribution in [3.05, 3.63) is 44.6 Å². The fourth-order valence-corrected chi connectivity index (χ4v) is 3.11. The molecule has 0 aliphatic heterocycles. The van der Waals surface area contributed by atoms with Crippen LogP contribution in [-0.4, -0.2) is 13.7 Å². The number of thiophene rings is 1. The van der Waals surface area contributed by atoms with E-state index < -0.39 is 0 Å². The van der Waals surface area contributed by atoms with Crippen LogP contribution in [0.25, 0.3) is 0 Å². The Labute approximate surface area is 125 Å². The number of hydrogen-bond acceptors (Lipinski definition) is 4. The fraction of sp³-hybridized carbons (Fsp3) is 0.286. The van der Waals surface area contributed by atoms with Crippen LogP contribution in [0.3, 0.4) is 0 Å². The quantitative estimate of drug-likeness (QED) is 0.872. The maximum Gasteiger partial charge on any atom is 0.161 e. The van der Waals surface area contributed by atoms with E-state index in [1.54, 1.807) is 18.4 Å². The molecule has 0 spiro atoms. The Morgan fingerprint density at radius 2 is 2.11 bits per heavy atom. The van der Waals surface area contributed by atoms with Crippen LogP contribution < -0.4 is 15.2 Å². The summed E-state index contributed by atoms with van der Waals surface area (Å²) >= 11 is 5.16. The van der Waals surface area contributed by atoms with E-state index in [9.17, 15) is 0 Å². The second kappa shape index (κ2) is 6.93. The van der Waals surface area contributed by atoms with Crippen molar-refractivity contribution in [3.63, 3.8) is 0 Å². The number of rotatable bonds is 6. The molecular formula is C14H16BrNO2S. The van der Waals surface area contributed by atoms with Crippen LogP contribution in [-0.2, 0) is 13.0 Å². The summed E-state index contributed by atoms with van der Waals surface area (Å²) in [5.74, 6) is 1.50. The van der Waals surface area contributed by atoms with Crippen molar-refractivity contribution in [3.8, 4) is 11.5 Å². The number of ether oxygens (including phenoxy) is 2. The van der Waals surface area contributed by atoms with Crippen molar-refractivity contribution < 1.29 is 9.47 Å². The Morgan fingerprint density at radius 3 is 2.74 bits per heavy atom. The van der Waals surface area contributed by atoms with Crippen molar-refractivity contribution in [2.45, 2.75) is 13.0 Å². The van der Waals surface area contributed by atoms with Gasteiger partial charge in [-0.3, -0.25) is 0 Å². The van der Waals surface area contributed by atoms with Gasteiger partial charge in [0.2, 0.25) is 0 Å². The molecule has 0 radical (unpaired) electrons. The maximum atomic E-state index is 5.85. The minimum Gasteiger partial charge on any atom is -0.493 e. The van der Waals surface area contributed by atoms with Gasteiger partial charge in [-0.15, -0.1) is 11.3 Å². The Balaban J connectivity index is 2.13. The Hall–Kier alpha value is -1.04. The Bertz CT molecular complexity index is 542. The Morgan fingerprint density at radius 1 is 1.26 bits per heavy atom. The van der Waals surface area contributed by atoms with Gasteiger partial charge in [-0.25, -0.2) is 0 Å². The van der Waals surface area contributed by atoms with Crippen LogP contribution >= 0.6 is 27.3 Å². The van der Waals surface area contributed by atoms with Gasteiger partial charge in [-0.05, 0) is 58.0 Å². The van der Waals surface area contributed by atoms with E-state index in [-0.39, 0.29) is 0 Å². The van der Waals surface area contributed by atoms with Gasteiger partial charge >= 0.3 is 0 Å². The summed E-state index contributed by atoms with van der Waals surface area (Å²) < 4.78 is 12.2. The zero-order valence-corrected chi connectivity index (χ0v) is 13.1. The average molecular weight is 342 g/mol. The third kappa shape index (κ3) is 3.72. The highest BCUT2D eigenvalue weighted by molar-refractivity contribution is 9.10. The third-order valence-electron chi connectivity index (χ3n) is 2.71. The molecule has 2 N–H and O–H groups in total. The molecule has 19 heavy (non-hydrogen) atoms. The SMILES string of the molecule is COc1ccc(CCN)cc1OCc1sccc1Br. The largest absolute Gasteiger partial charge is 0.493 e. The molecule has 1 aromatic heterocycles. The predicted octanol–water partition coefficient (Wildman–Crippen LogP) is 3.60. The molecule has 0 saturated carbocycles. The van der Waals surface area contributed by atoms with E-state index in [1.807, 2.05) is 29.6 Å². The number of hydrogen-bond donors (Lipinski definition) is 1. The lowest BCUT2D eigenvalue weighted by Crippen LogP contribution is -2.03. The predicted molar refractivity (Wildman–Crippen MR) is 82.1 cm³/mol. The fourth-order valence-electron chi connectivity index (χ4n) is 1.73. The smallest absolute Gasteiger partial charge is 0.161 e. The number of halogens is 1. The van der Waals surface area contributed by atoms with Gasteiger partial charge in [0.25, 0.3) is 0 Å². The molecule has 0 bridgehead atoms. The summed E-state index contributed by atoms with van der Waals surface area (Å²) in [6, 6.07) is 7.95. The maximum absolute atomic E-state index is 5.85. The summed E-state index contributed by atoms with van der Waals surface area (Å²) in [5.41, 5.74) is 6.73. The molecule has 2 aromatic rings. The van der Waals surface area contributed by atoms with Gasteiger partial charge in [-0.1, -0.05) is 6.07 Å². The van der Waals surface area contributed by atoms with Crippen molar-refractivity contribution in [2.24, 2.45) is 5.73 Å². The molecule has 3 nitrogen and oxygen atoms in total. The van der Waals surface area contributed by atoms with Gasteiger partial charge in [0.1, 0.15) is 6.61 Å². The van der Waals surface area contributed by atoms with Gasteiger partial charge < -0.3 is 15.2 Å². The summed E-state index contributed by atoms with van der Waals surface area (Å²) in [5, 5.41) is 2.03. The summed E-state index contributed by atoms with van der Waals surface area (Å²) in [4.78, 5) is 1.16. The van der Waals surface area contributed by atoms with Crippen molar-refractivity contribution in [2.75, 3.05) is 13.7 Å². The number of nitrogens with two attached hydrogens (primary N) is 1. The molecule has 0 amide bonds. The molecule has 0 atom stereocenters. The zero-order valence-electron chi connectivity index (χ0n) is 10.7. The molecule has 2 rings (SSSR count). The molecule has 0 saturated heterocycles. The van der Waals surface area contributed by atoms with Gasteiger partial charge in [0, 0.05) is 4.47 Å². The Kier molecular flexibility index (Phi) is 5.24. The first kappa shape index (κ1) is 14.4. The van der Waals surface area contributed by atoms with E-state index in [0.29, 0.717) is 13.2 Å². The first-order chi connectivity index (χ1) is 9.24. The van der Waals surface area contributed by atoms with Crippen molar-refractivity contribution >= 4 is 27.3 Å². The highest BCUT2D eigenvalue weighted by atomic mass is 79.9. The van der Waals surface area contributed by atoms with Crippen molar-refractivity contribution in [1.82, 2.24) is 0 Å². The van der Waals surface area contributed by atoms with Crippen LogP contribution in [0.15, 0.2) is 34.1 Å². The summed E-state index contributed by atoms with van der Waals surface area (Å²) in [7, 11) is 1.64. The molecule has 0 aliphatic carbocycles. The normalized spacial score (nSPS) is 10.5. The number of benzene rings is 1. The lowest BCUT2D eigenvalue weighted by atomic mass is 10.1. The topological polar surface area (TPSA) is 44.5 Å². The van der Waals surface area contributed by atoms with Crippen LogP contribution in [0.4, 0.5) is 0 Å². The average Bonchev–Trinajstić information content (AvgIpc) is 2.82. The molecule has 102 valence electrons. The van der Waals surface area contributed by atoms with Gasteiger partial charge in [0.15, 0.2) is 11.5 Å². The molecule has 1 heterocycles. The van der Waals surface area contributed by atoms with Gasteiger partial charge in [-0.2, -0.15) is 0 Å². The standard InChI is InChI=1S/C14H16BrNO2S/c1-17-12-3-2-10(4-6-16)8-13(12)18-9-14-11(15)5-7-19-14/h2-3,5,7-8H,4,6,9,16H2,1H3. The van der Waals surface area contributed by atoms with E-state index in [4.69, 9.17) is 15.2 Å². The monoisotopic (exact) mass is 341 g/mol. The molecule has 0 aliphatic rings. The molecule has 0 fully saturated rings. The second-order valence-corrected chi connectivity index (χ2v) is 5.86. The minimum atomic E-state index is 0.528. The zero-order chi connectivity index (χ0) is 13.7. The number of methoxy groups -OCH3 is 1. The first-order valence-electron chi connectivity index (χ1n) is 5.96. The summed E-state index contributed by atoms with van der Waals surface area (Å²) in [6.45, 7) is 1.16. The first-order valence-corrected chi connectivity index (χ1v) is 7.63. The molecular weight excluding hydrogens is 326 g/mol. The van der Waals surface area contributed by atoms with Gasteiger partial charge in [0.05, 0.1) is 12.0 Å². The molecule has 5 heteroatoms. The summed E-state index contributed by atoms with van der Waals surface area (Å²) in [6.07, 6.45) is 0.836. The lowest BCUT2D eigenvalue weighted by Gasteiger charge is -2.12. The highest BCUT2D eigenvalue weighted by Gasteiger charge is 2.08. The molecule has 0 unspecified atom stereocenters. The van der Waals surface area contributed by atoms with E-state index >= 15 is 0 Å². The van der Waals surface area contributed by atoms with E-state index in [0.717, 1.165) is 32.8 Å². The lowest BCUT2D eigenvalue weighted by molar-refractivity contribution is 0.286. The van der Waals surface area contributed by atoms with Crippen LogP contribution in [0, 0.1) is 0 Å². The van der Waals surface area contributed by atoms with E-state index in [1.165, 1.54) is 0 Å². The minimum absolute atomic E-state index is 0.528.